The van der Waals surface area contributed by atoms with Crippen LogP contribution >= 0.6 is 0 Å². The van der Waals surface area contributed by atoms with E-state index in [9.17, 15) is 14.7 Å². The van der Waals surface area contributed by atoms with Crippen molar-refractivity contribution in [3.63, 3.8) is 0 Å². The summed E-state index contributed by atoms with van der Waals surface area (Å²) in [4.78, 5) is 25.9. The maximum absolute atomic E-state index is 13.1. The van der Waals surface area contributed by atoms with Crippen molar-refractivity contribution in [2.75, 3.05) is 10.7 Å². The van der Waals surface area contributed by atoms with Gasteiger partial charge < -0.3 is 10.4 Å². The first-order valence-corrected chi connectivity index (χ1v) is 9.23. The molecule has 29 heavy (non-hydrogen) atoms. The molecule has 0 spiro atoms. The van der Waals surface area contributed by atoms with E-state index in [4.69, 9.17) is 0 Å². The van der Waals surface area contributed by atoms with E-state index >= 15 is 0 Å². The van der Waals surface area contributed by atoms with Crippen molar-refractivity contribution in [3.05, 3.63) is 90.6 Å². The number of Topliss-reactive ketones (excluding diaryl/α,β-unsaturated/α-hetero) is 1. The second-order valence-corrected chi connectivity index (χ2v) is 6.73. The molecule has 2 aliphatic carbocycles. The lowest BCUT2D eigenvalue weighted by Crippen LogP contribution is -2.38. The van der Waals surface area contributed by atoms with Gasteiger partial charge in [-0.05, 0) is 24.3 Å². The van der Waals surface area contributed by atoms with Crippen LogP contribution in [0.5, 0.6) is 5.75 Å². The van der Waals surface area contributed by atoms with Crippen molar-refractivity contribution in [1.82, 2.24) is 0 Å². The lowest BCUT2D eigenvalue weighted by atomic mass is 9.76. The number of anilines is 2. The zero-order chi connectivity index (χ0) is 20.2. The zero-order valence-corrected chi connectivity index (χ0v) is 15.4. The minimum absolute atomic E-state index is 0.0216. The number of fused-ring (bicyclic) bond motifs is 1. The predicted octanol–water partition coefficient (Wildman–Crippen LogP) is 3.67. The van der Waals surface area contributed by atoms with Gasteiger partial charge in [0.05, 0.1) is 11.3 Å². The average Bonchev–Trinajstić information content (AvgIpc) is 2.74. The molecule has 0 fully saturated rings. The molecule has 6 nitrogen and oxygen atoms in total. The lowest BCUT2D eigenvalue weighted by molar-refractivity contribution is -0.117. The van der Waals surface area contributed by atoms with Crippen LogP contribution in [0.15, 0.2) is 95.7 Å². The molecule has 6 heteroatoms. The Kier molecular flexibility index (Phi) is 5.07. The number of rotatable bonds is 4. The molecule has 0 aliphatic heterocycles. The predicted molar refractivity (Wildman–Crippen MR) is 113 cm³/mol. The maximum atomic E-state index is 13.1. The van der Waals surface area contributed by atoms with Gasteiger partial charge in [-0.25, -0.2) is 0 Å². The van der Waals surface area contributed by atoms with Crippen LogP contribution < -0.4 is 10.7 Å². The second kappa shape index (κ2) is 7.98. The fourth-order valence-corrected chi connectivity index (χ4v) is 3.33. The van der Waals surface area contributed by atoms with Gasteiger partial charge in [0, 0.05) is 17.5 Å². The SMILES string of the molecule is O=C(Nc1ccccc1)C1=CC2C=CC=CC2C(=NNc2ccccc2O)C1=O. The van der Waals surface area contributed by atoms with Crippen LogP contribution in [-0.4, -0.2) is 22.5 Å². The van der Waals surface area contributed by atoms with Crippen LogP contribution in [0, 0.1) is 11.8 Å². The van der Waals surface area contributed by atoms with Crippen LogP contribution in [0.1, 0.15) is 0 Å². The van der Waals surface area contributed by atoms with Crippen LogP contribution in [0.4, 0.5) is 11.4 Å². The van der Waals surface area contributed by atoms with Gasteiger partial charge in [-0.1, -0.05) is 60.7 Å². The number of para-hydroxylation sites is 3. The first-order valence-electron chi connectivity index (χ1n) is 9.23. The average molecular weight is 385 g/mol. The van der Waals surface area contributed by atoms with E-state index in [1.807, 2.05) is 30.4 Å². The van der Waals surface area contributed by atoms with E-state index in [-0.39, 0.29) is 28.9 Å². The Morgan fingerprint density at radius 3 is 2.48 bits per heavy atom. The van der Waals surface area contributed by atoms with Crippen molar-refractivity contribution in [3.8, 4) is 5.75 Å². The Balaban J connectivity index is 1.64. The standard InChI is InChI=1S/C23H19N3O3/c27-20-13-7-6-12-19(20)25-26-21-17-11-5-4-8-15(17)14-18(22(21)28)23(29)24-16-9-2-1-3-10-16/h1-15,17,25,27H,(H,24,29). The summed E-state index contributed by atoms with van der Waals surface area (Å²) in [5.41, 5.74) is 4.01. The minimum atomic E-state index is -0.474. The number of carbonyl (C=O) groups excluding carboxylic acids is 2. The maximum Gasteiger partial charge on any atom is 0.259 e. The van der Waals surface area contributed by atoms with Crippen LogP contribution in [0.2, 0.25) is 0 Å². The smallest absolute Gasteiger partial charge is 0.259 e. The number of hydrogen-bond acceptors (Lipinski definition) is 5. The molecule has 0 aromatic heterocycles. The highest BCUT2D eigenvalue weighted by molar-refractivity contribution is 6.53. The fourth-order valence-electron chi connectivity index (χ4n) is 3.33. The van der Waals surface area contributed by atoms with Crippen molar-refractivity contribution in [2.24, 2.45) is 16.9 Å². The fraction of sp³-hybridized carbons (Fsp3) is 0.0870. The summed E-state index contributed by atoms with van der Waals surface area (Å²) in [5, 5.41) is 17.0. The monoisotopic (exact) mass is 385 g/mol. The van der Waals surface area contributed by atoms with Crippen molar-refractivity contribution in [1.29, 1.82) is 0 Å². The molecule has 0 radical (unpaired) electrons. The van der Waals surface area contributed by atoms with Crippen molar-refractivity contribution >= 4 is 28.8 Å². The summed E-state index contributed by atoms with van der Waals surface area (Å²) in [6, 6.07) is 15.6. The van der Waals surface area contributed by atoms with E-state index in [1.54, 1.807) is 48.5 Å². The highest BCUT2D eigenvalue weighted by Gasteiger charge is 2.37. The summed E-state index contributed by atoms with van der Waals surface area (Å²) in [6.07, 6.45) is 9.24. The van der Waals surface area contributed by atoms with Gasteiger partial charge in [0.15, 0.2) is 0 Å². The van der Waals surface area contributed by atoms with E-state index in [2.05, 4.69) is 15.8 Å². The molecule has 0 saturated heterocycles. The summed E-state index contributed by atoms with van der Waals surface area (Å²) in [6.45, 7) is 0. The second-order valence-electron chi connectivity index (χ2n) is 6.73. The third-order valence-corrected chi connectivity index (χ3v) is 4.81. The van der Waals surface area contributed by atoms with Crippen LogP contribution in [0.25, 0.3) is 0 Å². The molecule has 1 amide bonds. The molecule has 2 unspecified atom stereocenters. The Morgan fingerprint density at radius 1 is 0.966 bits per heavy atom. The summed E-state index contributed by atoms with van der Waals surface area (Å²) in [5.74, 6) is -1.33. The molecule has 3 N–H and O–H groups in total. The topological polar surface area (TPSA) is 90.8 Å². The van der Waals surface area contributed by atoms with Gasteiger partial charge in [-0.15, -0.1) is 0 Å². The molecule has 144 valence electrons. The number of hydrazone groups is 1. The van der Waals surface area contributed by atoms with E-state index in [1.165, 1.54) is 6.07 Å². The zero-order valence-electron chi connectivity index (χ0n) is 15.4. The van der Waals surface area contributed by atoms with Gasteiger partial charge >= 0.3 is 0 Å². The molecular weight excluding hydrogens is 366 g/mol. The Hall–Kier alpha value is -3.93. The molecule has 0 saturated carbocycles. The van der Waals surface area contributed by atoms with Gasteiger partial charge in [-0.3, -0.25) is 15.0 Å². The summed E-state index contributed by atoms with van der Waals surface area (Å²) in [7, 11) is 0. The minimum Gasteiger partial charge on any atom is -0.506 e. The Morgan fingerprint density at radius 2 is 1.69 bits per heavy atom. The Labute approximate surface area is 168 Å². The van der Waals surface area contributed by atoms with Crippen LogP contribution in [0.3, 0.4) is 0 Å². The molecule has 0 heterocycles. The highest BCUT2D eigenvalue weighted by atomic mass is 16.3. The largest absolute Gasteiger partial charge is 0.506 e. The van der Waals surface area contributed by atoms with E-state index < -0.39 is 11.7 Å². The molecule has 2 aromatic rings. The molecule has 0 bridgehead atoms. The number of nitrogens with zero attached hydrogens (tertiary/aromatic N) is 1. The van der Waals surface area contributed by atoms with Crippen molar-refractivity contribution < 1.29 is 14.7 Å². The number of carbonyl (C=O) groups is 2. The third kappa shape index (κ3) is 3.87. The van der Waals surface area contributed by atoms with Crippen LogP contribution in [-0.2, 0) is 9.59 Å². The van der Waals surface area contributed by atoms with E-state index in [0.29, 0.717) is 11.4 Å². The highest BCUT2D eigenvalue weighted by Crippen LogP contribution is 2.31. The number of phenolic OH excluding ortho intramolecular Hbond substituents is 1. The third-order valence-electron chi connectivity index (χ3n) is 4.81. The number of hydrogen-bond donors (Lipinski definition) is 3. The molecule has 2 atom stereocenters. The number of aromatic hydroxyl groups is 1. The first-order chi connectivity index (χ1) is 14.1. The number of ketones is 1. The van der Waals surface area contributed by atoms with Gasteiger partial charge in [-0.2, -0.15) is 5.10 Å². The number of allylic oxidation sites excluding steroid dienone is 5. The van der Waals surface area contributed by atoms with Gasteiger partial charge in [0.2, 0.25) is 5.78 Å². The molecule has 2 aromatic carbocycles. The van der Waals surface area contributed by atoms with Gasteiger partial charge in [0.1, 0.15) is 11.5 Å². The summed E-state index contributed by atoms with van der Waals surface area (Å²) < 4.78 is 0. The number of nitrogens with one attached hydrogen (secondary N) is 2. The normalized spacial score (nSPS) is 21.4. The first kappa shape index (κ1) is 18.4. The number of benzene rings is 2. The number of amides is 1. The Bertz CT molecular complexity index is 1070. The number of phenols is 1. The lowest BCUT2D eigenvalue weighted by Gasteiger charge is -2.28. The van der Waals surface area contributed by atoms with E-state index in [0.717, 1.165) is 0 Å². The molecule has 4 rings (SSSR count). The molecular formula is C23H19N3O3. The molecule has 2 aliphatic rings. The van der Waals surface area contributed by atoms with Gasteiger partial charge in [0.25, 0.3) is 5.91 Å². The quantitative estimate of drug-likeness (QED) is 0.426. The summed E-state index contributed by atoms with van der Waals surface area (Å²) >= 11 is 0. The van der Waals surface area contributed by atoms with Crippen molar-refractivity contribution in [2.45, 2.75) is 0 Å².